The van der Waals surface area contributed by atoms with Crippen LogP contribution in [0.2, 0.25) is 0 Å². The number of rotatable bonds is 3. The smallest absolute Gasteiger partial charge is 0.254 e. The van der Waals surface area contributed by atoms with E-state index in [-0.39, 0.29) is 5.91 Å². The highest BCUT2D eigenvalue weighted by Crippen LogP contribution is 2.21. The first kappa shape index (κ1) is 19.4. The van der Waals surface area contributed by atoms with Gasteiger partial charge in [0.15, 0.2) is 0 Å². The largest absolute Gasteiger partial charge is 0.495 e. The van der Waals surface area contributed by atoms with Gasteiger partial charge in [0, 0.05) is 44.1 Å². The lowest BCUT2D eigenvalue weighted by atomic mass is 10.1. The molecule has 30 heavy (non-hydrogen) atoms. The number of pyridine rings is 1. The number of hydrogen-bond donors (Lipinski definition) is 0. The van der Waals surface area contributed by atoms with Crippen molar-refractivity contribution in [2.24, 2.45) is 0 Å². The van der Waals surface area contributed by atoms with E-state index in [1.54, 1.807) is 37.7 Å². The third-order valence-corrected chi connectivity index (χ3v) is 4.89. The molecule has 0 bridgehead atoms. The van der Waals surface area contributed by atoms with Gasteiger partial charge in [0.1, 0.15) is 23.6 Å². The first-order chi connectivity index (χ1) is 14.7. The van der Waals surface area contributed by atoms with Crippen molar-refractivity contribution in [2.45, 2.75) is 0 Å². The van der Waals surface area contributed by atoms with Crippen LogP contribution in [0.3, 0.4) is 0 Å². The average Bonchev–Trinajstić information content (AvgIpc) is 2.83. The number of aromatic nitrogens is 3. The van der Waals surface area contributed by atoms with Crippen molar-refractivity contribution < 1.29 is 9.53 Å². The molecule has 1 aliphatic heterocycles. The van der Waals surface area contributed by atoms with Crippen LogP contribution in [0.15, 0.2) is 61.2 Å². The molecule has 3 aromatic rings. The Kier molecular flexibility index (Phi) is 5.85. The van der Waals surface area contributed by atoms with Crippen LogP contribution in [0.5, 0.6) is 5.75 Å². The molecule has 2 aromatic heterocycles. The fourth-order valence-electron chi connectivity index (χ4n) is 3.30. The molecule has 4 rings (SSSR count). The summed E-state index contributed by atoms with van der Waals surface area (Å²) >= 11 is 0. The summed E-state index contributed by atoms with van der Waals surface area (Å²) < 4.78 is 5.41. The van der Waals surface area contributed by atoms with E-state index in [9.17, 15) is 4.79 Å². The Hall–Kier alpha value is -3.92. The number of carbonyl (C=O) groups excluding carboxylic acids is 1. The van der Waals surface area contributed by atoms with Crippen LogP contribution in [0.4, 0.5) is 5.82 Å². The van der Waals surface area contributed by atoms with E-state index < -0.39 is 0 Å². The van der Waals surface area contributed by atoms with Crippen molar-refractivity contribution in [3.8, 4) is 17.6 Å². The predicted molar refractivity (Wildman–Crippen MR) is 113 cm³/mol. The Bertz CT molecular complexity index is 1070. The summed E-state index contributed by atoms with van der Waals surface area (Å²) in [5.74, 6) is 7.60. The molecule has 150 valence electrons. The molecule has 1 amide bonds. The number of benzene rings is 1. The Morgan fingerprint density at radius 1 is 1.00 bits per heavy atom. The van der Waals surface area contributed by atoms with Gasteiger partial charge >= 0.3 is 0 Å². The number of hydrogen-bond acceptors (Lipinski definition) is 6. The van der Waals surface area contributed by atoms with Crippen molar-refractivity contribution in [2.75, 3.05) is 38.2 Å². The Morgan fingerprint density at radius 2 is 1.87 bits per heavy atom. The molecule has 1 aliphatic rings. The zero-order valence-corrected chi connectivity index (χ0v) is 16.7. The van der Waals surface area contributed by atoms with Crippen LogP contribution in [-0.2, 0) is 0 Å². The fourth-order valence-corrected chi connectivity index (χ4v) is 3.30. The lowest BCUT2D eigenvalue weighted by Gasteiger charge is -2.35. The van der Waals surface area contributed by atoms with Gasteiger partial charge in [0.2, 0.25) is 0 Å². The molecule has 1 fully saturated rings. The van der Waals surface area contributed by atoms with Crippen LogP contribution < -0.4 is 9.64 Å². The number of piperazine rings is 1. The second-order valence-corrected chi connectivity index (χ2v) is 6.73. The number of methoxy groups -OCH3 is 1. The summed E-state index contributed by atoms with van der Waals surface area (Å²) in [7, 11) is 1.59. The molecule has 7 nitrogen and oxygen atoms in total. The molecule has 0 spiro atoms. The fraction of sp³-hybridized carbons (Fsp3) is 0.217. The van der Waals surface area contributed by atoms with Crippen molar-refractivity contribution >= 4 is 11.7 Å². The van der Waals surface area contributed by atoms with Gasteiger partial charge in [-0.2, -0.15) is 0 Å². The molecule has 0 atom stereocenters. The molecule has 0 aliphatic carbocycles. The highest BCUT2D eigenvalue weighted by molar-refractivity contribution is 5.95. The SMILES string of the molecule is COc1ccc(C(=O)N2CCN(c3ccncn3)CC2)cc1C#Cc1ccccn1. The molecule has 7 heteroatoms. The van der Waals surface area contributed by atoms with Gasteiger partial charge in [0.05, 0.1) is 12.7 Å². The van der Waals surface area contributed by atoms with Gasteiger partial charge < -0.3 is 14.5 Å². The van der Waals surface area contributed by atoms with Gasteiger partial charge in [-0.25, -0.2) is 15.0 Å². The monoisotopic (exact) mass is 399 g/mol. The summed E-state index contributed by atoms with van der Waals surface area (Å²) in [5.41, 5.74) is 1.92. The minimum Gasteiger partial charge on any atom is -0.495 e. The standard InChI is InChI=1S/C23H21N5O2/c1-30-21-8-6-19(16-18(21)5-7-20-4-2-3-10-25-20)23(29)28-14-12-27(13-15-28)22-9-11-24-17-26-22/h2-4,6,8-11,16-17H,12-15H2,1H3. The summed E-state index contributed by atoms with van der Waals surface area (Å²) in [4.78, 5) is 29.5. The molecule has 0 unspecified atom stereocenters. The second-order valence-electron chi connectivity index (χ2n) is 6.73. The number of ether oxygens (including phenoxy) is 1. The summed E-state index contributed by atoms with van der Waals surface area (Å²) in [6.45, 7) is 2.71. The Morgan fingerprint density at radius 3 is 2.57 bits per heavy atom. The van der Waals surface area contributed by atoms with Crippen molar-refractivity contribution in [3.63, 3.8) is 0 Å². The van der Waals surface area contributed by atoms with Gasteiger partial charge in [-0.05, 0) is 42.3 Å². The lowest BCUT2D eigenvalue weighted by molar-refractivity contribution is 0.0746. The number of anilines is 1. The van der Waals surface area contributed by atoms with Crippen LogP contribution in [0, 0.1) is 11.8 Å². The van der Waals surface area contributed by atoms with E-state index in [0.29, 0.717) is 35.7 Å². The number of amides is 1. The van der Waals surface area contributed by atoms with Crippen molar-refractivity contribution in [1.82, 2.24) is 19.9 Å². The molecular weight excluding hydrogens is 378 g/mol. The van der Waals surface area contributed by atoms with Crippen molar-refractivity contribution in [1.29, 1.82) is 0 Å². The van der Waals surface area contributed by atoms with Gasteiger partial charge in [-0.15, -0.1) is 0 Å². The third-order valence-electron chi connectivity index (χ3n) is 4.89. The Balaban J connectivity index is 1.49. The summed E-state index contributed by atoms with van der Waals surface area (Å²) in [6.07, 6.45) is 4.96. The van der Waals surface area contributed by atoms with E-state index in [4.69, 9.17) is 4.74 Å². The molecule has 1 saturated heterocycles. The maximum Gasteiger partial charge on any atom is 0.254 e. The lowest BCUT2D eigenvalue weighted by Crippen LogP contribution is -2.49. The van der Waals surface area contributed by atoms with E-state index in [0.717, 1.165) is 18.9 Å². The normalized spacial score (nSPS) is 13.4. The minimum atomic E-state index is -0.0131. The van der Waals surface area contributed by atoms with E-state index in [1.807, 2.05) is 29.2 Å². The summed E-state index contributed by atoms with van der Waals surface area (Å²) in [5, 5.41) is 0. The van der Waals surface area contributed by atoms with Gasteiger partial charge in [-0.1, -0.05) is 12.0 Å². The quantitative estimate of drug-likeness (QED) is 0.629. The molecule has 0 N–H and O–H groups in total. The number of carbonyl (C=O) groups is 1. The van der Waals surface area contributed by atoms with Crippen molar-refractivity contribution in [3.05, 3.63) is 78.0 Å². The third kappa shape index (κ3) is 4.39. The van der Waals surface area contributed by atoms with Gasteiger partial charge in [-0.3, -0.25) is 4.79 Å². The average molecular weight is 399 g/mol. The van der Waals surface area contributed by atoms with Crippen LogP contribution >= 0.6 is 0 Å². The number of nitrogens with zero attached hydrogens (tertiary/aromatic N) is 5. The van der Waals surface area contributed by atoms with E-state index in [1.165, 1.54) is 6.33 Å². The first-order valence-corrected chi connectivity index (χ1v) is 9.66. The second kappa shape index (κ2) is 9.05. The van der Waals surface area contributed by atoms with Crippen LogP contribution in [0.25, 0.3) is 0 Å². The Labute approximate surface area is 175 Å². The van der Waals surface area contributed by atoms with Crippen LogP contribution in [-0.4, -0.2) is 59.0 Å². The molecular formula is C23H21N5O2. The zero-order valence-electron chi connectivity index (χ0n) is 16.7. The first-order valence-electron chi connectivity index (χ1n) is 9.66. The summed E-state index contributed by atoms with van der Waals surface area (Å²) in [6, 6.07) is 12.8. The predicted octanol–water partition coefficient (Wildman–Crippen LogP) is 2.24. The highest BCUT2D eigenvalue weighted by Gasteiger charge is 2.23. The van der Waals surface area contributed by atoms with E-state index >= 15 is 0 Å². The maximum atomic E-state index is 13.0. The molecule has 0 radical (unpaired) electrons. The molecule has 0 saturated carbocycles. The molecule has 1 aromatic carbocycles. The maximum absolute atomic E-state index is 13.0. The minimum absolute atomic E-state index is 0.0131. The van der Waals surface area contributed by atoms with Crippen LogP contribution in [0.1, 0.15) is 21.6 Å². The molecule has 3 heterocycles. The zero-order chi connectivity index (χ0) is 20.8. The topological polar surface area (TPSA) is 71.5 Å². The van der Waals surface area contributed by atoms with Gasteiger partial charge in [0.25, 0.3) is 5.91 Å². The van der Waals surface area contributed by atoms with E-state index in [2.05, 4.69) is 31.7 Å². The highest BCUT2D eigenvalue weighted by atomic mass is 16.5.